The number of likely N-dealkylation sites (tertiary alicyclic amines) is 1. The summed E-state index contributed by atoms with van der Waals surface area (Å²) in [5.41, 5.74) is 0.642. The van der Waals surface area contributed by atoms with E-state index in [4.69, 9.17) is 9.47 Å². The van der Waals surface area contributed by atoms with Crippen molar-refractivity contribution in [1.82, 2.24) is 10.2 Å². The van der Waals surface area contributed by atoms with Gasteiger partial charge in [0.05, 0.1) is 19.3 Å². The number of halogens is 1. The number of ether oxygens (including phenoxy) is 2. The van der Waals surface area contributed by atoms with Gasteiger partial charge in [-0.1, -0.05) is 0 Å². The van der Waals surface area contributed by atoms with Crippen LogP contribution in [0.4, 0.5) is 14.9 Å². The fourth-order valence-corrected chi connectivity index (χ4v) is 3.78. The molecule has 26 heavy (non-hydrogen) atoms. The maximum absolute atomic E-state index is 13.1. The highest BCUT2D eigenvalue weighted by Crippen LogP contribution is 2.31. The monoisotopic (exact) mass is 363 g/mol. The molecule has 8 heteroatoms. The highest BCUT2D eigenvalue weighted by atomic mass is 19.1. The van der Waals surface area contributed by atoms with Gasteiger partial charge in [-0.25, -0.2) is 9.18 Å². The van der Waals surface area contributed by atoms with E-state index >= 15 is 0 Å². The Morgan fingerprint density at radius 1 is 1.15 bits per heavy atom. The molecule has 0 saturated carbocycles. The Labute approximate surface area is 151 Å². The van der Waals surface area contributed by atoms with Crippen LogP contribution in [0.15, 0.2) is 24.3 Å². The zero-order valence-corrected chi connectivity index (χ0v) is 14.4. The molecule has 7 nitrogen and oxygen atoms in total. The topological polar surface area (TPSA) is 71.1 Å². The van der Waals surface area contributed by atoms with Crippen molar-refractivity contribution < 1.29 is 23.5 Å². The molecule has 3 heterocycles. The number of piperidine rings is 1. The second-order valence-corrected chi connectivity index (χ2v) is 6.93. The minimum absolute atomic E-state index is 0.0766. The van der Waals surface area contributed by atoms with E-state index in [1.165, 1.54) is 12.1 Å². The third-order valence-corrected chi connectivity index (χ3v) is 5.22. The Morgan fingerprint density at radius 3 is 2.46 bits per heavy atom. The summed E-state index contributed by atoms with van der Waals surface area (Å²) in [5, 5.41) is 2.94. The molecule has 4 rings (SSSR count). The molecule has 1 aromatic carbocycles. The van der Waals surface area contributed by atoms with E-state index < -0.39 is 5.79 Å². The lowest BCUT2D eigenvalue weighted by Crippen LogP contribution is -2.52. The summed E-state index contributed by atoms with van der Waals surface area (Å²) in [6, 6.07) is 5.37. The van der Waals surface area contributed by atoms with Gasteiger partial charge in [-0.3, -0.25) is 4.79 Å². The summed E-state index contributed by atoms with van der Waals surface area (Å²) in [5.74, 6) is -0.935. The first-order valence-electron chi connectivity index (χ1n) is 8.94. The lowest BCUT2D eigenvalue weighted by atomic mass is 10.0. The van der Waals surface area contributed by atoms with Crippen LogP contribution < -0.4 is 10.2 Å². The summed E-state index contributed by atoms with van der Waals surface area (Å²) in [6.07, 6.45) is 1.56. The van der Waals surface area contributed by atoms with Crippen molar-refractivity contribution in [3.63, 3.8) is 0 Å². The molecule has 0 radical (unpaired) electrons. The minimum Gasteiger partial charge on any atom is -0.347 e. The minimum atomic E-state index is -0.514. The molecule has 3 saturated heterocycles. The molecule has 0 unspecified atom stereocenters. The third-order valence-electron chi connectivity index (χ3n) is 5.22. The number of nitrogens with one attached hydrogen (secondary N) is 1. The number of benzene rings is 1. The Kier molecular flexibility index (Phi) is 4.54. The Bertz CT molecular complexity index is 680. The van der Waals surface area contributed by atoms with Gasteiger partial charge in [0.2, 0.25) is 5.91 Å². The predicted octanol–water partition coefficient (Wildman–Crippen LogP) is 1.48. The number of carbonyl (C=O) groups is 2. The maximum Gasteiger partial charge on any atom is 0.317 e. The van der Waals surface area contributed by atoms with Crippen LogP contribution in [0.2, 0.25) is 0 Å². The Balaban J connectivity index is 1.31. The second kappa shape index (κ2) is 6.85. The number of carbonyl (C=O) groups excluding carboxylic acids is 2. The first kappa shape index (κ1) is 17.2. The predicted molar refractivity (Wildman–Crippen MR) is 91.1 cm³/mol. The quantitative estimate of drug-likeness (QED) is 0.864. The molecule has 1 spiro atoms. The molecular formula is C18H22FN3O4. The molecular weight excluding hydrogens is 341 g/mol. The van der Waals surface area contributed by atoms with Crippen LogP contribution in [0.5, 0.6) is 0 Å². The largest absolute Gasteiger partial charge is 0.347 e. The van der Waals surface area contributed by atoms with Gasteiger partial charge in [0.1, 0.15) is 5.82 Å². The van der Waals surface area contributed by atoms with Crippen LogP contribution in [0, 0.1) is 5.82 Å². The molecule has 3 aliphatic heterocycles. The summed E-state index contributed by atoms with van der Waals surface area (Å²) < 4.78 is 24.4. The van der Waals surface area contributed by atoms with Gasteiger partial charge < -0.3 is 24.6 Å². The Hall–Kier alpha value is -2.19. The van der Waals surface area contributed by atoms with Crippen LogP contribution in [0.1, 0.15) is 19.3 Å². The summed E-state index contributed by atoms with van der Waals surface area (Å²) in [7, 11) is 0. The zero-order valence-electron chi connectivity index (χ0n) is 14.4. The third kappa shape index (κ3) is 3.39. The van der Waals surface area contributed by atoms with Gasteiger partial charge in [-0.05, 0) is 24.3 Å². The first-order chi connectivity index (χ1) is 12.5. The van der Waals surface area contributed by atoms with Crippen LogP contribution in [-0.4, -0.2) is 61.5 Å². The van der Waals surface area contributed by atoms with Crippen LogP contribution in [0.3, 0.4) is 0 Å². The average Bonchev–Trinajstić information content (AvgIpc) is 3.23. The van der Waals surface area contributed by atoms with Crippen molar-refractivity contribution >= 4 is 17.6 Å². The van der Waals surface area contributed by atoms with Crippen molar-refractivity contribution in [2.75, 3.05) is 37.7 Å². The number of rotatable bonds is 2. The fourth-order valence-electron chi connectivity index (χ4n) is 3.78. The molecule has 1 atom stereocenters. The van der Waals surface area contributed by atoms with Gasteiger partial charge in [0, 0.05) is 44.6 Å². The lowest BCUT2D eigenvalue weighted by Gasteiger charge is -2.37. The van der Waals surface area contributed by atoms with Crippen molar-refractivity contribution in [2.45, 2.75) is 31.1 Å². The number of nitrogens with zero attached hydrogens (tertiary/aromatic N) is 2. The number of amides is 3. The normalized spacial score (nSPS) is 25.1. The van der Waals surface area contributed by atoms with Crippen molar-refractivity contribution in [1.29, 1.82) is 0 Å². The van der Waals surface area contributed by atoms with Crippen LogP contribution >= 0.6 is 0 Å². The Morgan fingerprint density at radius 2 is 1.81 bits per heavy atom. The zero-order chi connectivity index (χ0) is 18.1. The molecule has 1 N–H and O–H groups in total. The van der Waals surface area contributed by atoms with Gasteiger partial charge >= 0.3 is 6.03 Å². The van der Waals surface area contributed by atoms with E-state index in [1.54, 1.807) is 21.9 Å². The van der Waals surface area contributed by atoms with E-state index in [-0.39, 0.29) is 30.2 Å². The van der Waals surface area contributed by atoms with Crippen LogP contribution in [0.25, 0.3) is 0 Å². The van der Waals surface area contributed by atoms with Crippen molar-refractivity contribution in [3.8, 4) is 0 Å². The van der Waals surface area contributed by atoms with Gasteiger partial charge in [-0.15, -0.1) is 0 Å². The molecule has 3 amide bonds. The molecule has 1 aromatic rings. The van der Waals surface area contributed by atoms with Crippen molar-refractivity contribution in [2.24, 2.45) is 0 Å². The molecule has 0 aliphatic carbocycles. The number of urea groups is 1. The van der Waals surface area contributed by atoms with Crippen molar-refractivity contribution in [3.05, 3.63) is 30.1 Å². The lowest BCUT2D eigenvalue weighted by molar-refractivity contribution is -0.181. The average molecular weight is 363 g/mol. The van der Waals surface area contributed by atoms with E-state index in [0.717, 1.165) is 0 Å². The SMILES string of the molecule is O=C(N[C@@H]1CC(=O)N(c2ccc(F)cc2)C1)N1CCC2(CC1)OCCO2. The molecule has 0 bridgehead atoms. The summed E-state index contributed by atoms with van der Waals surface area (Å²) in [4.78, 5) is 28.1. The molecule has 3 fully saturated rings. The molecule has 3 aliphatic rings. The van der Waals surface area contributed by atoms with Gasteiger partial charge in [0.25, 0.3) is 0 Å². The van der Waals surface area contributed by atoms with E-state index in [0.29, 0.717) is 51.4 Å². The van der Waals surface area contributed by atoms with Gasteiger partial charge in [-0.2, -0.15) is 0 Å². The molecule has 140 valence electrons. The van der Waals surface area contributed by atoms with E-state index in [2.05, 4.69) is 5.32 Å². The fraction of sp³-hybridized carbons (Fsp3) is 0.556. The van der Waals surface area contributed by atoms with Gasteiger partial charge in [0.15, 0.2) is 5.79 Å². The van der Waals surface area contributed by atoms with E-state index in [9.17, 15) is 14.0 Å². The number of anilines is 1. The number of hydrogen-bond donors (Lipinski definition) is 1. The first-order valence-corrected chi connectivity index (χ1v) is 8.94. The number of hydrogen-bond acceptors (Lipinski definition) is 4. The highest BCUT2D eigenvalue weighted by Gasteiger charge is 2.41. The summed E-state index contributed by atoms with van der Waals surface area (Å²) in [6.45, 7) is 2.73. The second-order valence-electron chi connectivity index (χ2n) is 6.93. The summed E-state index contributed by atoms with van der Waals surface area (Å²) >= 11 is 0. The highest BCUT2D eigenvalue weighted by molar-refractivity contribution is 5.96. The smallest absolute Gasteiger partial charge is 0.317 e. The van der Waals surface area contributed by atoms with E-state index in [1.807, 2.05) is 0 Å². The maximum atomic E-state index is 13.1. The van der Waals surface area contributed by atoms with Crippen LogP contribution in [-0.2, 0) is 14.3 Å². The molecule has 0 aromatic heterocycles. The standard InChI is InChI=1S/C18H22FN3O4/c19-13-1-3-15(4-2-13)22-12-14(11-16(22)23)20-17(24)21-7-5-18(6-8-21)25-9-10-26-18/h1-4,14H,5-12H2,(H,20,24)/t14-/m1/s1.